The Morgan fingerprint density at radius 1 is 1.75 bits per heavy atom. The van der Waals surface area contributed by atoms with Crippen LogP contribution in [-0.4, -0.2) is 9.55 Å². The van der Waals surface area contributed by atoms with E-state index in [-0.39, 0.29) is 19.5 Å². The Kier molecular flexibility index (Phi) is 3.81. The number of aryl methyl sites for hydroxylation is 1. The molecule has 0 aliphatic heterocycles. The molecule has 1 heterocycles. The Hall–Kier alpha value is 0.563. The van der Waals surface area contributed by atoms with Gasteiger partial charge in [0, 0.05) is 38.9 Å². The van der Waals surface area contributed by atoms with Crippen molar-refractivity contribution in [2.45, 2.75) is 0 Å². The maximum absolute atomic E-state index is 3.97. The van der Waals surface area contributed by atoms with Crippen LogP contribution in [0, 0.1) is 3.83 Å². The second-order valence-electron chi connectivity index (χ2n) is 1.31. The van der Waals surface area contributed by atoms with Gasteiger partial charge in [0.2, 0.25) is 0 Å². The summed E-state index contributed by atoms with van der Waals surface area (Å²) in [5.74, 6) is 0. The van der Waals surface area contributed by atoms with E-state index < -0.39 is 0 Å². The number of imidazole rings is 1. The minimum Gasteiger partial charge on any atom is -0.330 e. The zero-order valence-electron chi connectivity index (χ0n) is 4.63. The Bertz CT molecular complexity index is 146. The summed E-state index contributed by atoms with van der Waals surface area (Å²) in [5.41, 5.74) is 0. The van der Waals surface area contributed by atoms with E-state index in [2.05, 4.69) is 27.6 Å². The number of hydrogen-bond donors (Lipinski definition) is 0. The SMILES string of the molecule is Cn1ccnc1I.[Zn]. The Balaban J connectivity index is 0.000000490. The first-order valence-corrected chi connectivity index (χ1v) is 3.01. The van der Waals surface area contributed by atoms with E-state index in [1.807, 2.05) is 17.8 Å². The van der Waals surface area contributed by atoms with Crippen LogP contribution < -0.4 is 0 Å². The van der Waals surface area contributed by atoms with Gasteiger partial charge < -0.3 is 4.57 Å². The van der Waals surface area contributed by atoms with Crippen molar-refractivity contribution in [1.82, 2.24) is 9.55 Å². The first-order valence-electron chi connectivity index (χ1n) is 1.93. The van der Waals surface area contributed by atoms with Crippen molar-refractivity contribution >= 4 is 22.6 Å². The third-order valence-electron chi connectivity index (χ3n) is 0.762. The molecule has 8 heavy (non-hydrogen) atoms. The number of nitrogens with zero attached hydrogens (tertiary/aromatic N) is 2. The van der Waals surface area contributed by atoms with Gasteiger partial charge in [0.1, 0.15) is 0 Å². The summed E-state index contributed by atoms with van der Waals surface area (Å²) in [4.78, 5) is 3.97. The van der Waals surface area contributed by atoms with Crippen LogP contribution in [-0.2, 0) is 26.5 Å². The maximum atomic E-state index is 3.97. The minimum atomic E-state index is 0. The predicted octanol–water partition coefficient (Wildman–Crippen LogP) is 1.02. The number of rotatable bonds is 0. The first kappa shape index (κ1) is 8.56. The summed E-state index contributed by atoms with van der Waals surface area (Å²) >= 11 is 2.17. The molecule has 1 aromatic heterocycles. The average Bonchev–Trinajstić information content (AvgIpc) is 1.91. The van der Waals surface area contributed by atoms with Crippen molar-refractivity contribution in [3.05, 3.63) is 16.2 Å². The van der Waals surface area contributed by atoms with Gasteiger partial charge >= 0.3 is 0 Å². The number of hydrogen-bond acceptors (Lipinski definition) is 1. The van der Waals surface area contributed by atoms with Gasteiger partial charge in [-0.3, -0.25) is 0 Å². The van der Waals surface area contributed by atoms with Crippen molar-refractivity contribution in [1.29, 1.82) is 0 Å². The fourth-order valence-corrected chi connectivity index (χ4v) is 0.669. The fourth-order valence-electron chi connectivity index (χ4n) is 0.347. The summed E-state index contributed by atoms with van der Waals surface area (Å²) < 4.78 is 2.98. The normalized spacial score (nSPS) is 8.25. The molecular formula is C4H5IN2Zn. The average molecular weight is 273 g/mol. The molecule has 1 rings (SSSR count). The number of halogens is 1. The zero-order valence-corrected chi connectivity index (χ0v) is 9.76. The Morgan fingerprint density at radius 2 is 2.38 bits per heavy atom. The monoisotopic (exact) mass is 272 g/mol. The summed E-state index contributed by atoms with van der Waals surface area (Å²) in [6.45, 7) is 0. The van der Waals surface area contributed by atoms with E-state index in [9.17, 15) is 0 Å². The largest absolute Gasteiger partial charge is 0.330 e. The fraction of sp³-hybridized carbons (Fsp3) is 0.250. The van der Waals surface area contributed by atoms with Gasteiger partial charge in [-0.15, -0.1) is 0 Å². The molecule has 4 heteroatoms. The van der Waals surface area contributed by atoms with E-state index in [0.717, 1.165) is 3.83 Å². The van der Waals surface area contributed by atoms with Gasteiger partial charge in [-0.25, -0.2) is 4.98 Å². The Labute approximate surface area is 74.6 Å². The van der Waals surface area contributed by atoms with Crippen LogP contribution in [0.5, 0.6) is 0 Å². The Morgan fingerprint density at radius 3 is 2.50 bits per heavy atom. The standard InChI is InChI=1S/C4H5IN2.Zn/c1-7-3-2-6-4(7)5;/h2-3H,1H3;. The predicted molar refractivity (Wildman–Crippen MR) is 35.9 cm³/mol. The molecule has 0 N–H and O–H groups in total. The van der Waals surface area contributed by atoms with Gasteiger partial charge in [0.15, 0.2) is 3.83 Å². The second kappa shape index (κ2) is 3.56. The van der Waals surface area contributed by atoms with Crippen molar-refractivity contribution in [2.75, 3.05) is 0 Å². The molecule has 0 unspecified atom stereocenters. The van der Waals surface area contributed by atoms with E-state index in [4.69, 9.17) is 0 Å². The van der Waals surface area contributed by atoms with Crippen molar-refractivity contribution < 1.29 is 19.5 Å². The molecule has 2 nitrogen and oxygen atoms in total. The van der Waals surface area contributed by atoms with Crippen molar-refractivity contribution in [3.63, 3.8) is 0 Å². The summed E-state index contributed by atoms with van der Waals surface area (Å²) in [5, 5.41) is 0. The molecule has 0 spiro atoms. The molecule has 0 fully saturated rings. The smallest absolute Gasteiger partial charge is 0.171 e. The maximum Gasteiger partial charge on any atom is 0.171 e. The van der Waals surface area contributed by atoms with Gasteiger partial charge in [0.05, 0.1) is 0 Å². The summed E-state index contributed by atoms with van der Waals surface area (Å²) in [7, 11) is 1.97. The van der Waals surface area contributed by atoms with Gasteiger partial charge in [-0.2, -0.15) is 0 Å². The molecule has 0 aliphatic rings. The molecule has 0 atom stereocenters. The van der Waals surface area contributed by atoms with Crippen LogP contribution in [0.25, 0.3) is 0 Å². The molecule has 1 aromatic rings. The molecule has 0 saturated carbocycles. The molecule has 0 radical (unpaired) electrons. The third kappa shape index (κ3) is 1.82. The van der Waals surface area contributed by atoms with E-state index >= 15 is 0 Å². The van der Waals surface area contributed by atoms with Gasteiger partial charge in [0.25, 0.3) is 0 Å². The molecule has 0 aliphatic carbocycles. The van der Waals surface area contributed by atoms with Gasteiger partial charge in [-0.1, -0.05) is 0 Å². The van der Waals surface area contributed by atoms with Crippen LogP contribution in [0.2, 0.25) is 0 Å². The van der Waals surface area contributed by atoms with Crippen LogP contribution in [0.1, 0.15) is 0 Å². The van der Waals surface area contributed by atoms with E-state index in [1.54, 1.807) is 6.20 Å². The van der Waals surface area contributed by atoms with Gasteiger partial charge in [-0.05, 0) is 22.6 Å². The third-order valence-corrected chi connectivity index (χ3v) is 1.80. The molecule has 0 bridgehead atoms. The van der Waals surface area contributed by atoms with Crippen LogP contribution in [0.4, 0.5) is 0 Å². The molecule has 0 aromatic carbocycles. The first-order chi connectivity index (χ1) is 3.30. The topological polar surface area (TPSA) is 17.8 Å². The van der Waals surface area contributed by atoms with Crippen LogP contribution in [0.15, 0.2) is 12.4 Å². The van der Waals surface area contributed by atoms with Crippen molar-refractivity contribution in [3.8, 4) is 0 Å². The van der Waals surface area contributed by atoms with Crippen LogP contribution in [0.3, 0.4) is 0 Å². The molecule has 0 amide bonds. The second-order valence-corrected chi connectivity index (χ2v) is 2.27. The van der Waals surface area contributed by atoms with E-state index in [0.29, 0.717) is 0 Å². The zero-order chi connectivity index (χ0) is 5.28. The van der Waals surface area contributed by atoms with Crippen molar-refractivity contribution in [2.24, 2.45) is 7.05 Å². The summed E-state index contributed by atoms with van der Waals surface area (Å²) in [6.07, 6.45) is 3.70. The summed E-state index contributed by atoms with van der Waals surface area (Å²) in [6, 6.07) is 0. The molecule has 0 saturated heterocycles. The van der Waals surface area contributed by atoms with E-state index in [1.165, 1.54) is 0 Å². The molecular weight excluding hydrogens is 268 g/mol. The van der Waals surface area contributed by atoms with Crippen LogP contribution >= 0.6 is 22.6 Å². The quantitative estimate of drug-likeness (QED) is 0.510. The minimum absolute atomic E-state index is 0. The number of aromatic nitrogens is 2. The molecule has 40 valence electrons.